The molecule has 0 bridgehead atoms. The lowest BCUT2D eigenvalue weighted by atomic mass is 9.89. The molecule has 2 fully saturated rings. The van der Waals surface area contributed by atoms with E-state index in [0.717, 1.165) is 121 Å². The van der Waals surface area contributed by atoms with Crippen LogP contribution in [0.25, 0.3) is 0 Å². The van der Waals surface area contributed by atoms with Gasteiger partial charge < -0.3 is 35.4 Å². The molecule has 3 aliphatic carbocycles. The summed E-state index contributed by atoms with van der Waals surface area (Å²) in [7, 11) is 0. The second-order valence-corrected chi connectivity index (χ2v) is 14.3. The minimum Gasteiger partial charge on any atom is -0.512 e. The molecular weight excluding hydrogens is 600 g/mol. The number of aliphatic hydroxyl groups is 1. The van der Waals surface area contributed by atoms with E-state index in [4.69, 9.17) is 19.4 Å². The lowest BCUT2D eigenvalue weighted by Crippen LogP contribution is -2.51. The van der Waals surface area contributed by atoms with E-state index in [1.165, 1.54) is 22.3 Å². The Balaban J connectivity index is 1.39. The molecule has 0 amide bonds. The number of nitrogens with one attached hydrogen (secondary N) is 3. The number of piperazine rings is 1. The van der Waals surface area contributed by atoms with Crippen molar-refractivity contribution in [1.29, 1.82) is 0 Å². The predicted molar refractivity (Wildman–Crippen MR) is 196 cm³/mol. The van der Waals surface area contributed by atoms with Gasteiger partial charge in [-0.1, -0.05) is 53.2 Å². The standard InChI is InChI=1S/C39H62N6O3/c1-6-11-30-25-45(20-18-41-30)37-32(9-4)35(43-38(44-37)48-27-39(16-17-39)26-40-19-22-47-21-7-2)24-42-34-15-14-31(46)23-33-28(5)12-10-13-29(8-3)36(33)34/h13,15,23,28,30,40-42,46H,6-12,14,16-22,24-27H2,1-5H3/t28-,30?/m1/s1. The van der Waals surface area contributed by atoms with Crippen LogP contribution in [0.2, 0.25) is 0 Å². The maximum atomic E-state index is 10.8. The number of rotatable bonds is 18. The van der Waals surface area contributed by atoms with E-state index in [9.17, 15) is 5.11 Å². The number of anilines is 1. The van der Waals surface area contributed by atoms with E-state index < -0.39 is 0 Å². The van der Waals surface area contributed by atoms with Gasteiger partial charge in [0.25, 0.3) is 0 Å². The fourth-order valence-corrected chi connectivity index (χ4v) is 7.35. The topological polar surface area (TPSA) is 104 Å². The van der Waals surface area contributed by atoms with Crippen molar-refractivity contribution in [3.63, 3.8) is 0 Å². The van der Waals surface area contributed by atoms with Crippen molar-refractivity contribution in [3.05, 3.63) is 57.7 Å². The molecule has 2 heterocycles. The monoisotopic (exact) mass is 662 g/mol. The zero-order valence-electron chi connectivity index (χ0n) is 30.4. The lowest BCUT2D eigenvalue weighted by Gasteiger charge is -2.36. The Morgan fingerprint density at radius 2 is 1.94 bits per heavy atom. The summed E-state index contributed by atoms with van der Waals surface area (Å²) in [6.45, 7) is 18.5. The van der Waals surface area contributed by atoms with Gasteiger partial charge in [-0.05, 0) is 74.5 Å². The van der Waals surface area contributed by atoms with E-state index >= 15 is 0 Å². The average molecular weight is 663 g/mol. The highest BCUT2D eigenvalue weighted by Gasteiger charge is 2.43. The maximum absolute atomic E-state index is 10.8. The molecule has 0 radical (unpaired) electrons. The van der Waals surface area contributed by atoms with Crippen molar-refractivity contribution in [2.45, 2.75) is 111 Å². The summed E-state index contributed by atoms with van der Waals surface area (Å²) in [6.07, 6.45) is 16.7. The highest BCUT2D eigenvalue weighted by atomic mass is 16.5. The molecule has 1 saturated carbocycles. The number of aromatic nitrogens is 2. The Bertz CT molecular complexity index is 1350. The van der Waals surface area contributed by atoms with Crippen LogP contribution in [0.15, 0.2) is 46.4 Å². The van der Waals surface area contributed by atoms with E-state index in [-0.39, 0.29) is 5.41 Å². The van der Waals surface area contributed by atoms with Gasteiger partial charge in [0.1, 0.15) is 5.82 Å². The zero-order chi connectivity index (χ0) is 33.9. The first-order valence-corrected chi connectivity index (χ1v) is 19.0. The third-order valence-electron chi connectivity index (χ3n) is 10.4. The predicted octanol–water partition coefficient (Wildman–Crippen LogP) is 6.67. The molecule has 1 unspecified atom stereocenters. The first kappa shape index (κ1) is 36.4. The molecule has 4 aliphatic rings. The van der Waals surface area contributed by atoms with Gasteiger partial charge in [-0.2, -0.15) is 9.97 Å². The van der Waals surface area contributed by atoms with E-state index in [1.54, 1.807) is 0 Å². The number of nitrogens with zero attached hydrogens (tertiary/aromatic N) is 3. The molecule has 2 atom stereocenters. The normalized spacial score (nSPS) is 22.3. The third kappa shape index (κ3) is 9.42. The SMILES string of the molecule is CCCOCCNCC1(COc2nc(CNC3=CCC(O)=CC4=C3C(CC)=CCC[C@H]4C)c(CC)c(N3CCNC(CCC)C3)n2)CC1. The first-order valence-electron chi connectivity index (χ1n) is 19.0. The summed E-state index contributed by atoms with van der Waals surface area (Å²) >= 11 is 0. The summed E-state index contributed by atoms with van der Waals surface area (Å²) in [4.78, 5) is 12.7. The van der Waals surface area contributed by atoms with Crippen LogP contribution in [0.4, 0.5) is 5.82 Å². The molecule has 9 heteroatoms. The first-order chi connectivity index (χ1) is 23.4. The van der Waals surface area contributed by atoms with Gasteiger partial charge in [0.05, 0.1) is 31.2 Å². The smallest absolute Gasteiger partial charge is 0.318 e. The van der Waals surface area contributed by atoms with Crippen LogP contribution in [0.1, 0.15) is 104 Å². The number of aliphatic hydroxyl groups excluding tert-OH is 1. The van der Waals surface area contributed by atoms with Crippen LogP contribution in [0.3, 0.4) is 0 Å². The van der Waals surface area contributed by atoms with Gasteiger partial charge in [-0.15, -0.1) is 0 Å². The second-order valence-electron chi connectivity index (χ2n) is 14.3. The van der Waals surface area contributed by atoms with Gasteiger partial charge in [-0.3, -0.25) is 0 Å². The molecule has 0 spiro atoms. The highest BCUT2D eigenvalue weighted by Crippen LogP contribution is 2.45. The number of ether oxygens (including phenoxy) is 2. The Morgan fingerprint density at radius 3 is 2.69 bits per heavy atom. The molecule has 0 aromatic carbocycles. The molecule has 266 valence electrons. The molecule has 1 aromatic rings. The van der Waals surface area contributed by atoms with Gasteiger partial charge in [0.15, 0.2) is 0 Å². The van der Waals surface area contributed by atoms with Crippen molar-refractivity contribution in [3.8, 4) is 6.01 Å². The van der Waals surface area contributed by atoms with Crippen molar-refractivity contribution in [1.82, 2.24) is 25.9 Å². The molecule has 5 rings (SSSR count). The molecule has 48 heavy (non-hydrogen) atoms. The molecule has 4 N–H and O–H groups in total. The average Bonchev–Trinajstić information content (AvgIpc) is 3.91. The fraction of sp³-hybridized carbons (Fsp3) is 0.692. The Kier molecular flexibility index (Phi) is 13.4. The largest absolute Gasteiger partial charge is 0.512 e. The van der Waals surface area contributed by atoms with Crippen molar-refractivity contribution in [2.75, 3.05) is 57.4 Å². The van der Waals surface area contributed by atoms with Crippen LogP contribution in [0, 0.1) is 11.3 Å². The zero-order valence-corrected chi connectivity index (χ0v) is 30.4. The van der Waals surface area contributed by atoms with Crippen LogP contribution in [0.5, 0.6) is 6.01 Å². The fourth-order valence-electron chi connectivity index (χ4n) is 7.35. The molecule has 1 aliphatic heterocycles. The molecule has 1 saturated heterocycles. The van der Waals surface area contributed by atoms with Gasteiger partial charge >= 0.3 is 6.01 Å². The van der Waals surface area contributed by atoms with Crippen molar-refractivity contribution >= 4 is 5.82 Å². The summed E-state index contributed by atoms with van der Waals surface area (Å²) in [5, 5.41) is 21.9. The maximum Gasteiger partial charge on any atom is 0.318 e. The van der Waals surface area contributed by atoms with Gasteiger partial charge in [0, 0.05) is 74.0 Å². The number of allylic oxidation sites excluding steroid dienone is 5. The van der Waals surface area contributed by atoms with Gasteiger partial charge in [-0.25, -0.2) is 0 Å². The van der Waals surface area contributed by atoms with Crippen LogP contribution in [-0.4, -0.2) is 73.7 Å². The molecule has 9 nitrogen and oxygen atoms in total. The highest BCUT2D eigenvalue weighted by molar-refractivity contribution is 5.56. The second kappa shape index (κ2) is 17.7. The molecular formula is C39H62N6O3. The van der Waals surface area contributed by atoms with Crippen LogP contribution < -0.4 is 25.6 Å². The van der Waals surface area contributed by atoms with Gasteiger partial charge in [0.2, 0.25) is 0 Å². The summed E-state index contributed by atoms with van der Waals surface area (Å²) in [5.74, 6) is 1.82. The minimum atomic E-state index is 0.138. The van der Waals surface area contributed by atoms with Crippen LogP contribution in [-0.2, 0) is 17.7 Å². The summed E-state index contributed by atoms with van der Waals surface area (Å²) < 4.78 is 12.2. The Morgan fingerprint density at radius 1 is 1.08 bits per heavy atom. The van der Waals surface area contributed by atoms with E-state index in [2.05, 4.69) is 67.6 Å². The minimum absolute atomic E-state index is 0.138. The number of hydrogen-bond acceptors (Lipinski definition) is 9. The van der Waals surface area contributed by atoms with E-state index in [1.807, 2.05) is 6.08 Å². The number of hydrogen-bond donors (Lipinski definition) is 4. The molecule has 1 aromatic heterocycles. The van der Waals surface area contributed by atoms with Crippen molar-refractivity contribution < 1.29 is 14.6 Å². The summed E-state index contributed by atoms with van der Waals surface area (Å²) in [5.41, 5.74) is 7.25. The lowest BCUT2D eigenvalue weighted by molar-refractivity contribution is 0.133. The van der Waals surface area contributed by atoms with Crippen LogP contribution >= 0.6 is 0 Å². The third-order valence-corrected chi connectivity index (χ3v) is 10.4. The Hall–Kier alpha value is -2.88. The van der Waals surface area contributed by atoms with Crippen molar-refractivity contribution in [2.24, 2.45) is 11.3 Å². The summed E-state index contributed by atoms with van der Waals surface area (Å²) in [6, 6.07) is 0.933. The van der Waals surface area contributed by atoms with E-state index in [0.29, 0.717) is 43.3 Å². The quantitative estimate of drug-likeness (QED) is 0.128. The Labute approximate surface area is 289 Å².